The van der Waals surface area contributed by atoms with E-state index in [0.717, 1.165) is 0 Å². The SMILES string of the molecule is CCOC(=O)CCC1(C)OCC(CCl)O1. The molecule has 0 spiro atoms. The summed E-state index contributed by atoms with van der Waals surface area (Å²) in [5.41, 5.74) is 0. The van der Waals surface area contributed by atoms with Gasteiger partial charge in [0.15, 0.2) is 5.79 Å². The van der Waals surface area contributed by atoms with Crippen molar-refractivity contribution in [3.8, 4) is 0 Å². The number of carbonyl (C=O) groups is 1. The molecule has 1 saturated heterocycles. The van der Waals surface area contributed by atoms with Crippen LogP contribution in [0.25, 0.3) is 0 Å². The maximum atomic E-state index is 11.1. The molecule has 4 nitrogen and oxygen atoms in total. The summed E-state index contributed by atoms with van der Waals surface area (Å²) in [6, 6.07) is 0. The van der Waals surface area contributed by atoms with E-state index in [2.05, 4.69) is 0 Å². The molecule has 0 aromatic heterocycles. The average Bonchev–Trinajstić information content (AvgIpc) is 2.59. The molecule has 5 heteroatoms. The Labute approximate surface area is 94.8 Å². The molecule has 88 valence electrons. The van der Waals surface area contributed by atoms with E-state index in [1.165, 1.54) is 0 Å². The third kappa shape index (κ3) is 3.97. The zero-order valence-electron chi connectivity index (χ0n) is 9.12. The second kappa shape index (κ2) is 5.68. The molecule has 15 heavy (non-hydrogen) atoms. The zero-order chi connectivity index (χ0) is 11.3. The summed E-state index contributed by atoms with van der Waals surface area (Å²) in [4.78, 5) is 11.1. The van der Waals surface area contributed by atoms with Crippen molar-refractivity contribution in [3.63, 3.8) is 0 Å². The summed E-state index contributed by atoms with van der Waals surface area (Å²) in [7, 11) is 0. The molecule has 0 aromatic carbocycles. The number of hydrogen-bond donors (Lipinski definition) is 0. The average molecular weight is 237 g/mol. The van der Waals surface area contributed by atoms with Crippen LogP contribution in [0.3, 0.4) is 0 Å². The molecule has 0 aliphatic carbocycles. The highest BCUT2D eigenvalue weighted by Gasteiger charge is 2.36. The van der Waals surface area contributed by atoms with Gasteiger partial charge in [0.1, 0.15) is 0 Å². The third-order valence-corrected chi connectivity index (χ3v) is 2.60. The van der Waals surface area contributed by atoms with Crippen molar-refractivity contribution in [1.29, 1.82) is 0 Å². The van der Waals surface area contributed by atoms with Crippen molar-refractivity contribution >= 4 is 17.6 Å². The normalized spacial score (nSPS) is 30.5. The van der Waals surface area contributed by atoms with Gasteiger partial charge in [0.05, 0.1) is 31.6 Å². The molecule has 0 saturated carbocycles. The summed E-state index contributed by atoms with van der Waals surface area (Å²) >= 11 is 5.65. The van der Waals surface area contributed by atoms with Crippen molar-refractivity contribution < 1.29 is 19.0 Å². The van der Waals surface area contributed by atoms with Crippen LogP contribution in [-0.4, -0.2) is 37.0 Å². The highest BCUT2D eigenvalue weighted by molar-refractivity contribution is 6.18. The maximum Gasteiger partial charge on any atom is 0.305 e. The Bertz CT molecular complexity index is 221. The molecular formula is C10H17ClO4. The van der Waals surface area contributed by atoms with E-state index in [1.807, 2.05) is 6.92 Å². The molecule has 0 amide bonds. The Balaban J connectivity index is 2.29. The smallest absolute Gasteiger partial charge is 0.305 e. The van der Waals surface area contributed by atoms with E-state index in [4.69, 9.17) is 25.8 Å². The van der Waals surface area contributed by atoms with Gasteiger partial charge in [-0.3, -0.25) is 4.79 Å². The molecule has 1 fully saturated rings. The van der Waals surface area contributed by atoms with Crippen LogP contribution in [0.1, 0.15) is 26.7 Å². The third-order valence-electron chi connectivity index (χ3n) is 2.25. The van der Waals surface area contributed by atoms with E-state index >= 15 is 0 Å². The van der Waals surface area contributed by atoms with E-state index in [1.54, 1.807) is 6.92 Å². The van der Waals surface area contributed by atoms with Crippen LogP contribution in [0.5, 0.6) is 0 Å². The molecule has 1 aliphatic rings. The first kappa shape index (κ1) is 12.7. The fourth-order valence-electron chi connectivity index (χ4n) is 1.46. The van der Waals surface area contributed by atoms with Gasteiger partial charge < -0.3 is 14.2 Å². The quantitative estimate of drug-likeness (QED) is 0.538. The Kier molecular flexibility index (Phi) is 4.83. The van der Waals surface area contributed by atoms with Gasteiger partial charge in [0.2, 0.25) is 0 Å². The minimum atomic E-state index is -0.688. The van der Waals surface area contributed by atoms with Crippen LogP contribution in [0.2, 0.25) is 0 Å². The molecule has 1 heterocycles. The van der Waals surface area contributed by atoms with Crippen LogP contribution in [0.4, 0.5) is 0 Å². The van der Waals surface area contributed by atoms with Crippen molar-refractivity contribution in [2.24, 2.45) is 0 Å². The topological polar surface area (TPSA) is 44.8 Å². The van der Waals surface area contributed by atoms with Gasteiger partial charge in [0.25, 0.3) is 0 Å². The maximum absolute atomic E-state index is 11.1. The second-order valence-corrected chi connectivity index (χ2v) is 3.95. The van der Waals surface area contributed by atoms with Crippen LogP contribution < -0.4 is 0 Å². The van der Waals surface area contributed by atoms with Gasteiger partial charge in [-0.1, -0.05) is 0 Å². The van der Waals surface area contributed by atoms with Crippen molar-refractivity contribution in [2.75, 3.05) is 19.1 Å². The summed E-state index contributed by atoms with van der Waals surface area (Å²) in [5, 5.41) is 0. The molecular weight excluding hydrogens is 220 g/mol. The number of carbonyl (C=O) groups excluding carboxylic acids is 1. The van der Waals surface area contributed by atoms with E-state index < -0.39 is 5.79 Å². The van der Waals surface area contributed by atoms with E-state index in [-0.39, 0.29) is 12.1 Å². The van der Waals surface area contributed by atoms with Gasteiger partial charge in [-0.2, -0.15) is 0 Å². The number of hydrogen-bond acceptors (Lipinski definition) is 4. The van der Waals surface area contributed by atoms with Gasteiger partial charge in [-0.25, -0.2) is 0 Å². The first-order valence-electron chi connectivity index (χ1n) is 5.13. The summed E-state index contributed by atoms with van der Waals surface area (Å²) < 4.78 is 15.8. The first-order valence-corrected chi connectivity index (χ1v) is 5.66. The second-order valence-electron chi connectivity index (χ2n) is 3.64. The summed E-state index contributed by atoms with van der Waals surface area (Å²) in [6.07, 6.45) is 0.734. The lowest BCUT2D eigenvalue weighted by atomic mass is 10.2. The number of alkyl halides is 1. The largest absolute Gasteiger partial charge is 0.466 e. The standard InChI is InChI=1S/C10H17ClO4/c1-3-13-9(12)4-5-10(2)14-7-8(6-11)15-10/h8H,3-7H2,1-2H3. The molecule has 2 atom stereocenters. The monoisotopic (exact) mass is 236 g/mol. The Morgan fingerprint density at radius 2 is 2.40 bits per heavy atom. The lowest BCUT2D eigenvalue weighted by molar-refractivity contribution is -0.166. The van der Waals surface area contributed by atoms with Gasteiger partial charge in [-0.15, -0.1) is 11.6 Å². The number of halogens is 1. The summed E-state index contributed by atoms with van der Waals surface area (Å²) in [5.74, 6) is -0.498. The summed E-state index contributed by atoms with van der Waals surface area (Å²) in [6.45, 7) is 4.49. The Hall–Kier alpha value is -0.320. The van der Waals surface area contributed by atoms with Crippen molar-refractivity contribution in [2.45, 2.75) is 38.6 Å². The molecule has 1 aliphatic heterocycles. The molecule has 1 rings (SSSR count). The highest BCUT2D eigenvalue weighted by atomic mass is 35.5. The van der Waals surface area contributed by atoms with Crippen LogP contribution in [0, 0.1) is 0 Å². The molecule has 0 N–H and O–H groups in total. The van der Waals surface area contributed by atoms with Crippen molar-refractivity contribution in [1.82, 2.24) is 0 Å². The van der Waals surface area contributed by atoms with Crippen LogP contribution in [0.15, 0.2) is 0 Å². The highest BCUT2D eigenvalue weighted by Crippen LogP contribution is 2.28. The zero-order valence-corrected chi connectivity index (χ0v) is 9.88. The van der Waals surface area contributed by atoms with Crippen LogP contribution >= 0.6 is 11.6 Å². The minimum absolute atomic E-state index is 0.0705. The Morgan fingerprint density at radius 3 is 2.93 bits per heavy atom. The number of rotatable bonds is 5. The lowest BCUT2D eigenvalue weighted by Crippen LogP contribution is -2.28. The van der Waals surface area contributed by atoms with E-state index in [0.29, 0.717) is 31.9 Å². The lowest BCUT2D eigenvalue weighted by Gasteiger charge is -2.22. The predicted molar refractivity (Wildman–Crippen MR) is 55.8 cm³/mol. The number of esters is 1. The van der Waals surface area contributed by atoms with Gasteiger partial charge >= 0.3 is 5.97 Å². The van der Waals surface area contributed by atoms with Gasteiger partial charge in [0, 0.05) is 6.42 Å². The first-order chi connectivity index (χ1) is 7.09. The van der Waals surface area contributed by atoms with Crippen LogP contribution in [-0.2, 0) is 19.0 Å². The fraction of sp³-hybridized carbons (Fsp3) is 0.900. The predicted octanol–water partition coefficient (Wildman–Crippen LogP) is 1.70. The minimum Gasteiger partial charge on any atom is -0.466 e. The molecule has 0 radical (unpaired) electrons. The number of ether oxygens (including phenoxy) is 3. The molecule has 0 aromatic rings. The van der Waals surface area contributed by atoms with Crippen molar-refractivity contribution in [3.05, 3.63) is 0 Å². The van der Waals surface area contributed by atoms with Gasteiger partial charge in [-0.05, 0) is 13.8 Å². The molecule has 0 bridgehead atoms. The fourth-order valence-corrected chi connectivity index (χ4v) is 1.61. The molecule has 2 unspecified atom stereocenters. The Morgan fingerprint density at radius 1 is 1.67 bits per heavy atom. The van der Waals surface area contributed by atoms with E-state index in [9.17, 15) is 4.79 Å².